The third-order valence-corrected chi connectivity index (χ3v) is 3.01. The highest BCUT2D eigenvalue weighted by atomic mass is 32.2. The van der Waals surface area contributed by atoms with Crippen LogP contribution in [0, 0.1) is 6.92 Å². The van der Waals surface area contributed by atoms with Crippen LogP contribution >= 0.6 is 11.8 Å². The van der Waals surface area contributed by atoms with Crippen molar-refractivity contribution in [3.8, 4) is 0 Å². The van der Waals surface area contributed by atoms with Crippen molar-refractivity contribution in [2.75, 3.05) is 23.9 Å². The number of thioether (sulfide) groups is 1. The zero-order valence-electron chi connectivity index (χ0n) is 9.45. The second-order valence-corrected chi connectivity index (χ2v) is 4.82. The molecular formula is C11H18N2OS. The quantitative estimate of drug-likeness (QED) is 0.805. The van der Waals surface area contributed by atoms with Crippen molar-refractivity contribution >= 4 is 17.6 Å². The summed E-state index contributed by atoms with van der Waals surface area (Å²) in [6, 6.07) is 3.90. The molecule has 2 N–H and O–H groups in total. The molecule has 0 aliphatic rings. The number of anilines is 1. The van der Waals surface area contributed by atoms with Crippen LogP contribution in [0.1, 0.15) is 12.5 Å². The maximum absolute atomic E-state index is 9.96. The predicted molar refractivity (Wildman–Crippen MR) is 66.5 cm³/mol. The molecule has 0 spiro atoms. The summed E-state index contributed by atoms with van der Waals surface area (Å²) in [4.78, 5) is 4.21. The number of pyridine rings is 1. The molecule has 1 rings (SSSR count). The number of nitrogens with zero attached hydrogens (tertiary/aromatic N) is 1. The Labute approximate surface area is 95.3 Å². The summed E-state index contributed by atoms with van der Waals surface area (Å²) < 4.78 is 0. The topological polar surface area (TPSA) is 45.1 Å². The Bertz CT molecular complexity index is 315. The summed E-state index contributed by atoms with van der Waals surface area (Å²) in [5.74, 6) is 1.56. The van der Waals surface area contributed by atoms with Crippen molar-refractivity contribution in [3.05, 3.63) is 23.9 Å². The van der Waals surface area contributed by atoms with Gasteiger partial charge in [0.15, 0.2) is 0 Å². The van der Waals surface area contributed by atoms with Gasteiger partial charge in [-0.3, -0.25) is 0 Å². The molecule has 0 aliphatic carbocycles. The fourth-order valence-electron chi connectivity index (χ4n) is 1.31. The van der Waals surface area contributed by atoms with E-state index in [1.165, 1.54) is 0 Å². The van der Waals surface area contributed by atoms with Gasteiger partial charge >= 0.3 is 0 Å². The SMILES string of the molecule is CSCC(C)(O)CNc1ncccc1C. The highest BCUT2D eigenvalue weighted by Crippen LogP contribution is 2.14. The Morgan fingerprint density at radius 1 is 1.60 bits per heavy atom. The van der Waals surface area contributed by atoms with Crippen LogP contribution in [0.25, 0.3) is 0 Å². The average Bonchev–Trinajstić information content (AvgIpc) is 2.16. The first-order valence-electron chi connectivity index (χ1n) is 4.92. The monoisotopic (exact) mass is 226 g/mol. The average molecular weight is 226 g/mol. The third-order valence-electron chi connectivity index (χ3n) is 2.10. The van der Waals surface area contributed by atoms with Crippen molar-refractivity contribution < 1.29 is 5.11 Å². The van der Waals surface area contributed by atoms with Crippen molar-refractivity contribution in [3.63, 3.8) is 0 Å². The minimum absolute atomic E-state index is 0.520. The molecule has 1 aromatic heterocycles. The van der Waals surface area contributed by atoms with Crippen molar-refractivity contribution in [1.82, 2.24) is 4.98 Å². The number of hydrogen-bond acceptors (Lipinski definition) is 4. The Morgan fingerprint density at radius 2 is 2.33 bits per heavy atom. The molecule has 84 valence electrons. The molecule has 0 aliphatic heterocycles. The Balaban J connectivity index is 2.53. The third kappa shape index (κ3) is 4.10. The molecule has 1 heterocycles. The molecule has 0 radical (unpaired) electrons. The fraction of sp³-hybridized carbons (Fsp3) is 0.545. The van der Waals surface area contributed by atoms with Crippen LogP contribution in [0.15, 0.2) is 18.3 Å². The summed E-state index contributed by atoms with van der Waals surface area (Å²) in [6.07, 6.45) is 3.74. The molecule has 0 aromatic carbocycles. The zero-order valence-corrected chi connectivity index (χ0v) is 10.3. The summed E-state index contributed by atoms with van der Waals surface area (Å²) in [6.45, 7) is 4.35. The summed E-state index contributed by atoms with van der Waals surface area (Å²) in [5, 5.41) is 13.1. The van der Waals surface area contributed by atoms with Crippen LogP contribution in [0.3, 0.4) is 0 Å². The van der Waals surface area contributed by atoms with Gasteiger partial charge in [-0.05, 0) is 31.7 Å². The predicted octanol–water partition coefficient (Wildman–Crippen LogP) is 1.92. The van der Waals surface area contributed by atoms with Gasteiger partial charge in [0.2, 0.25) is 0 Å². The molecule has 0 saturated heterocycles. The first kappa shape index (κ1) is 12.3. The maximum Gasteiger partial charge on any atom is 0.128 e. The largest absolute Gasteiger partial charge is 0.387 e. The number of nitrogens with one attached hydrogen (secondary N) is 1. The van der Waals surface area contributed by atoms with E-state index in [0.29, 0.717) is 12.3 Å². The molecule has 0 fully saturated rings. The molecule has 1 atom stereocenters. The van der Waals surface area contributed by atoms with Crippen molar-refractivity contribution in [1.29, 1.82) is 0 Å². The lowest BCUT2D eigenvalue weighted by atomic mass is 10.1. The minimum Gasteiger partial charge on any atom is -0.387 e. The Hall–Kier alpha value is -0.740. The lowest BCUT2D eigenvalue weighted by Gasteiger charge is -2.23. The van der Waals surface area contributed by atoms with Crippen LogP contribution in [-0.2, 0) is 0 Å². The Morgan fingerprint density at radius 3 is 2.93 bits per heavy atom. The van der Waals surface area contributed by atoms with E-state index in [-0.39, 0.29) is 0 Å². The summed E-state index contributed by atoms with van der Waals surface area (Å²) in [5.41, 5.74) is 0.404. The lowest BCUT2D eigenvalue weighted by molar-refractivity contribution is 0.0996. The van der Waals surface area contributed by atoms with E-state index in [9.17, 15) is 5.11 Å². The number of aromatic nitrogens is 1. The number of aliphatic hydroxyl groups is 1. The number of hydrogen-bond donors (Lipinski definition) is 2. The van der Waals surface area contributed by atoms with Crippen LogP contribution in [-0.4, -0.2) is 34.2 Å². The number of rotatable bonds is 5. The smallest absolute Gasteiger partial charge is 0.128 e. The molecule has 0 saturated carbocycles. The van der Waals surface area contributed by atoms with Gasteiger partial charge in [0.1, 0.15) is 5.82 Å². The molecule has 0 amide bonds. The van der Waals surface area contributed by atoms with E-state index in [0.717, 1.165) is 11.4 Å². The normalized spacial score (nSPS) is 14.7. The van der Waals surface area contributed by atoms with Gasteiger partial charge in [-0.2, -0.15) is 11.8 Å². The molecule has 0 bridgehead atoms. The number of aryl methyl sites for hydroxylation is 1. The minimum atomic E-state index is -0.691. The van der Waals surface area contributed by atoms with Crippen LogP contribution < -0.4 is 5.32 Å². The van der Waals surface area contributed by atoms with Crippen LogP contribution in [0.2, 0.25) is 0 Å². The molecule has 15 heavy (non-hydrogen) atoms. The molecule has 4 heteroatoms. The molecule has 1 unspecified atom stereocenters. The zero-order chi connectivity index (χ0) is 11.3. The first-order valence-corrected chi connectivity index (χ1v) is 6.31. The van der Waals surface area contributed by atoms with Gasteiger partial charge in [0, 0.05) is 18.5 Å². The van der Waals surface area contributed by atoms with E-state index in [1.54, 1.807) is 18.0 Å². The van der Waals surface area contributed by atoms with E-state index in [4.69, 9.17) is 0 Å². The standard InChI is InChI=1S/C11H18N2OS/c1-9-5-4-6-12-10(9)13-7-11(2,14)8-15-3/h4-6,14H,7-8H2,1-3H3,(H,12,13). The fourth-order valence-corrected chi connectivity index (χ4v) is 2.03. The second-order valence-electron chi connectivity index (χ2n) is 3.95. The summed E-state index contributed by atoms with van der Waals surface area (Å²) >= 11 is 1.64. The van der Waals surface area contributed by atoms with Crippen LogP contribution in [0.4, 0.5) is 5.82 Å². The maximum atomic E-state index is 9.96. The molecule has 1 aromatic rings. The van der Waals surface area contributed by atoms with Crippen LogP contribution in [0.5, 0.6) is 0 Å². The lowest BCUT2D eigenvalue weighted by Crippen LogP contribution is -2.36. The van der Waals surface area contributed by atoms with Gasteiger partial charge in [-0.1, -0.05) is 6.07 Å². The second kappa shape index (κ2) is 5.37. The highest BCUT2D eigenvalue weighted by Gasteiger charge is 2.19. The van der Waals surface area contributed by atoms with Gasteiger partial charge in [0.05, 0.1) is 5.60 Å². The van der Waals surface area contributed by atoms with Crippen molar-refractivity contribution in [2.24, 2.45) is 0 Å². The van der Waals surface area contributed by atoms with Gasteiger partial charge in [-0.15, -0.1) is 0 Å². The molecular weight excluding hydrogens is 208 g/mol. The highest BCUT2D eigenvalue weighted by molar-refractivity contribution is 7.98. The van der Waals surface area contributed by atoms with E-state index in [2.05, 4.69) is 10.3 Å². The van der Waals surface area contributed by atoms with E-state index >= 15 is 0 Å². The first-order chi connectivity index (χ1) is 7.05. The summed E-state index contributed by atoms with van der Waals surface area (Å²) in [7, 11) is 0. The van der Waals surface area contributed by atoms with Gasteiger partial charge in [0.25, 0.3) is 0 Å². The van der Waals surface area contributed by atoms with Crippen molar-refractivity contribution in [2.45, 2.75) is 19.4 Å². The van der Waals surface area contributed by atoms with Gasteiger partial charge < -0.3 is 10.4 Å². The molecule has 3 nitrogen and oxygen atoms in total. The van der Waals surface area contributed by atoms with E-state index < -0.39 is 5.60 Å². The van der Waals surface area contributed by atoms with Gasteiger partial charge in [-0.25, -0.2) is 4.98 Å². The Kier molecular flexibility index (Phi) is 4.42. The van der Waals surface area contributed by atoms with E-state index in [1.807, 2.05) is 32.2 Å².